The molecule has 0 saturated heterocycles. The lowest BCUT2D eigenvalue weighted by Gasteiger charge is -2.09. The Morgan fingerprint density at radius 1 is 1.29 bits per heavy atom. The van der Waals surface area contributed by atoms with Gasteiger partial charge in [-0.3, -0.25) is 0 Å². The Balaban J connectivity index is 2.49. The summed E-state index contributed by atoms with van der Waals surface area (Å²) in [5, 5.41) is 19.0. The first-order valence-electron chi connectivity index (χ1n) is 6.62. The summed E-state index contributed by atoms with van der Waals surface area (Å²) in [6, 6.07) is 12.0. The van der Waals surface area contributed by atoms with Gasteiger partial charge in [0, 0.05) is 20.6 Å². The maximum absolute atomic E-state index is 10.7. The van der Waals surface area contributed by atoms with E-state index in [0.29, 0.717) is 32.5 Å². The number of nitriles is 1. The van der Waals surface area contributed by atoms with E-state index < -0.39 is 12.6 Å². The minimum atomic E-state index is -1.09. The normalized spacial score (nSPS) is 11.0. The highest BCUT2D eigenvalue weighted by atomic mass is 79.9. The highest BCUT2D eigenvalue weighted by Crippen LogP contribution is 2.31. The highest BCUT2D eigenvalue weighted by Gasteiger charge is 2.10. The van der Waals surface area contributed by atoms with E-state index in [0.717, 1.165) is 4.47 Å². The van der Waals surface area contributed by atoms with Gasteiger partial charge in [0.2, 0.25) is 0 Å². The topological polar surface area (TPSA) is 70.3 Å². The molecule has 2 aromatic carbocycles. The maximum Gasteiger partial charge on any atom is 0.341 e. The SMILES string of the molecule is N#C/C(=C\c1cc(Br)ccc1OCC(=O)O)c1ccc(Cl)cc1Cl. The Hall–Kier alpha value is -2.00. The minimum Gasteiger partial charge on any atom is -0.481 e. The molecule has 0 unspecified atom stereocenters. The van der Waals surface area contributed by atoms with Crippen LogP contribution in [-0.4, -0.2) is 17.7 Å². The lowest BCUT2D eigenvalue weighted by Crippen LogP contribution is -2.10. The van der Waals surface area contributed by atoms with Crippen LogP contribution in [0, 0.1) is 11.3 Å². The summed E-state index contributed by atoms with van der Waals surface area (Å²) >= 11 is 15.4. The number of carbonyl (C=O) groups is 1. The first-order valence-corrected chi connectivity index (χ1v) is 8.17. The fourth-order valence-corrected chi connectivity index (χ4v) is 2.83. The Kier molecular flexibility index (Phi) is 6.27. The van der Waals surface area contributed by atoms with E-state index in [1.165, 1.54) is 0 Å². The van der Waals surface area contributed by atoms with Gasteiger partial charge in [0.25, 0.3) is 0 Å². The van der Waals surface area contributed by atoms with Crippen molar-refractivity contribution in [2.75, 3.05) is 6.61 Å². The van der Waals surface area contributed by atoms with E-state index in [2.05, 4.69) is 22.0 Å². The van der Waals surface area contributed by atoms with Crippen molar-refractivity contribution >= 4 is 56.8 Å². The summed E-state index contributed by atoms with van der Waals surface area (Å²) in [6.07, 6.45) is 1.58. The number of rotatable bonds is 5. The van der Waals surface area contributed by atoms with Crippen LogP contribution in [0.5, 0.6) is 5.75 Å². The van der Waals surface area contributed by atoms with Crippen LogP contribution in [0.1, 0.15) is 11.1 Å². The first kappa shape index (κ1) is 18.3. The molecule has 0 aliphatic carbocycles. The third kappa shape index (κ3) is 4.75. The van der Waals surface area contributed by atoms with Crippen molar-refractivity contribution in [2.24, 2.45) is 0 Å². The zero-order valence-corrected chi connectivity index (χ0v) is 15.2. The summed E-state index contributed by atoms with van der Waals surface area (Å²) in [4.78, 5) is 10.7. The van der Waals surface area contributed by atoms with E-state index in [4.69, 9.17) is 33.0 Å². The second-order valence-corrected chi connectivity index (χ2v) is 6.42. The summed E-state index contributed by atoms with van der Waals surface area (Å²) in [5.41, 5.74) is 1.37. The zero-order valence-electron chi connectivity index (χ0n) is 12.1. The van der Waals surface area contributed by atoms with Crippen molar-refractivity contribution in [1.29, 1.82) is 5.26 Å². The van der Waals surface area contributed by atoms with Gasteiger partial charge in [-0.25, -0.2) is 4.79 Å². The van der Waals surface area contributed by atoms with Crippen LogP contribution in [0.15, 0.2) is 40.9 Å². The molecule has 24 heavy (non-hydrogen) atoms. The minimum absolute atomic E-state index is 0.301. The van der Waals surface area contributed by atoms with Crippen molar-refractivity contribution in [2.45, 2.75) is 0 Å². The molecule has 0 bridgehead atoms. The lowest BCUT2D eigenvalue weighted by molar-refractivity contribution is -0.139. The molecule has 0 radical (unpaired) electrons. The molecule has 0 aliphatic rings. The molecule has 122 valence electrons. The molecule has 0 heterocycles. The molecule has 4 nitrogen and oxygen atoms in total. The van der Waals surface area contributed by atoms with Gasteiger partial charge in [0.15, 0.2) is 6.61 Å². The third-order valence-electron chi connectivity index (χ3n) is 2.96. The Morgan fingerprint density at radius 2 is 2.04 bits per heavy atom. The second kappa shape index (κ2) is 8.20. The van der Waals surface area contributed by atoms with E-state index in [1.807, 2.05) is 0 Å². The van der Waals surface area contributed by atoms with Gasteiger partial charge in [-0.15, -0.1) is 0 Å². The van der Waals surface area contributed by atoms with Gasteiger partial charge in [-0.05, 0) is 36.4 Å². The predicted molar refractivity (Wildman–Crippen MR) is 97.2 cm³/mol. The van der Waals surface area contributed by atoms with E-state index >= 15 is 0 Å². The summed E-state index contributed by atoms with van der Waals surface area (Å²) in [6.45, 7) is -0.480. The van der Waals surface area contributed by atoms with Crippen LogP contribution in [0.3, 0.4) is 0 Å². The van der Waals surface area contributed by atoms with Crippen LogP contribution < -0.4 is 4.74 Å². The number of nitrogens with zero attached hydrogens (tertiary/aromatic N) is 1. The van der Waals surface area contributed by atoms with Crippen LogP contribution in [0.4, 0.5) is 0 Å². The number of aliphatic carboxylic acids is 1. The Labute approximate surface area is 157 Å². The molecular formula is C17H10BrCl2NO3. The largest absolute Gasteiger partial charge is 0.481 e. The number of benzene rings is 2. The van der Waals surface area contributed by atoms with Crippen molar-refractivity contribution in [3.8, 4) is 11.8 Å². The Bertz CT molecular complexity index is 859. The van der Waals surface area contributed by atoms with Crippen molar-refractivity contribution in [3.05, 3.63) is 62.0 Å². The molecule has 2 aromatic rings. The van der Waals surface area contributed by atoms with E-state index in [9.17, 15) is 10.1 Å². The second-order valence-electron chi connectivity index (χ2n) is 4.66. The van der Waals surface area contributed by atoms with Crippen LogP contribution in [-0.2, 0) is 4.79 Å². The molecule has 7 heteroatoms. The standard InChI is InChI=1S/C17H10BrCl2NO3/c18-12-1-4-16(24-9-17(22)23)10(6-12)5-11(8-21)14-3-2-13(19)7-15(14)20/h1-7H,9H2,(H,22,23)/b11-5+. The van der Waals surface area contributed by atoms with Gasteiger partial charge in [0.05, 0.1) is 16.7 Å². The average Bonchev–Trinajstić information content (AvgIpc) is 2.52. The van der Waals surface area contributed by atoms with Crippen molar-refractivity contribution < 1.29 is 14.6 Å². The van der Waals surface area contributed by atoms with E-state index in [-0.39, 0.29) is 0 Å². The molecular weight excluding hydrogens is 417 g/mol. The van der Waals surface area contributed by atoms with Crippen LogP contribution in [0.25, 0.3) is 11.6 Å². The number of carboxylic acids is 1. The van der Waals surface area contributed by atoms with Gasteiger partial charge >= 0.3 is 5.97 Å². The molecule has 0 fully saturated rings. The number of allylic oxidation sites excluding steroid dienone is 1. The molecule has 0 spiro atoms. The third-order valence-corrected chi connectivity index (χ3v) is 4.01. The maximum atomic E-state index is 10.7. The molecule has 1 N–H and O–H groups in total. The summed E-state index contributed by atoms with van der Waals surface area (Å²) in [7, 11) is 0. The molecule has 0 aliphatic heterocycles. The molecule has 0 amide bonds. The lowest BCUT2D eigenvalue weighted by atomic mass is 10.0. The number of halogens is 3. The molecule has 0 atom stereocenters. The molecule has 2 rings (SSSR count). The predicted octanol–water partition coefficient (Wildman–Crippen LogP) is 5.28. The number of hydrogen-bond donors (Lipinski definition) is 1. The fourth-order valence-electron chi connectivity index (χ4n) is 1.94. The smallest absolute Gasteiger partial charge is 0.341 e. The monoisotopic (exact) mass is 425 g/mol. The Morgan fingerprint density at radius 3 is 2.67 bits per heavy atom. The molecule has 0 aromatic heterocycles. The number of carboxylic acid groups (broad SMARTS) is 1. The van der Waals surface area contributed by atoms with E-state index in [1.54, 1.807) is 42.5 Å². The van der Waals surface area contributed by atoms with Gasteiger partial charge in [-0.1, -0.05) is 45.2 Å². The van der Waals surface area contributed by atoms with Gasteiger partial charge < -0.3 is 9.84 Å². The molecule has 0 saturated carbocycles. The van der Waals surface area contributed by atoms with Gasteiger partial charge in [0.1, 0.15) is 5.75 Å². The van der Waals surface area contributed by atoms with Crippen molar-refractivity contribution in [1.82, 2.24) is 0 Å². The number of hydrogen-bond acceptors (Lipinski definition) is 3. The number of ether oxygens (including phenoxy) is 1. The summed E-state index contributed by atoms with van der Waals surface area (Å²) in [5.74, 6) is -0.743. The first-order chi connectivity index (χ1) is 11.4. The van der Waals surface area contributed by atoms with Crippen LogP contribution in [0.2, 0.25) is 10.0 Å². The highest BCUT2D eigenvalue weighted by molar-refractivity contribution is 9.10. The quantitative estimate of drug-likeness (QED) is 0.521. The average molecular weight is 427 g/mol. The van der Waals surface area contributed by atoms with Crippen molar-refractivity contribution in [3.63, 3.8) is 0 Å². The zero-order chi connectivity index (χ0) is 17.7. The summed E-state index contributed by atoms with van der Waals surface area (Å²) < 4.78 is 6.02. The van der Waals surface area contributed by atoms with Gasteiger partial charge in [-0.2, -0.15) is 5.26 Å². The fraction of sp³-hybridized carbons (Fsp3) is 0.0588. The van der Waals surface area contributed by atoms with Crippen LogP contribution >= 0.6 is 39.1 Å².